The molecule has 1 saturated heterocycles. The maximum Gasteiger partial charge on any atom is 0.147 e. The third-order valence-electron chi connectivity index (χ3n) is 4.14. The summed E-state index contributed by atoms with van der Waals surface area (Å²) in [5.41, 5.74) is 1.33. The van der Waals surface area contributed by atoms with Crippen LogP contribution in [0.4, 0.5) is 0 Å². The van der Waals surface area contributed by atoms with Gasteiger partial charge in [0.05, 0.1) is 11.2 Å². The third kappa shape index (κ3) is 12.9. The van der Waals surface area contributed by atoms with Crippen LogP contribution < -0.4 is 0 Å². The number of hydrogen-bond acceptors (Lipinski definition) is 4. The van der Waals surface area contributed by atoms with Crippen molar-refractivity contribution in [3.8, 4) is 0 Å². The van der Waals surface area contributed by atoms with E-state index in [1.165, 1.54) is 48.8 Å². The molecule has 0 aromatic rings. The predicted octanol–water partition coefficient (Wildman–Crippen LogP) is 6.26. The number of thioether (sulfide) groups is 2. The number of hydrogen-bond donors (Lipinski definition) is 0. The van der Waals surface area contributed by atoms with Crippen molar-refractivity contribution in [1.29, 1.82) is 0 Å². The largest absolute Gasteiger partial charge is 0.356 e. The van der Waals surface area contributed by atoms with E-state index in [0.717, 1.165) is 17.1 Å². The number of ether oxygens (including phenoxy) is 2. The van der Waals surface area contributed by atoms with Crippen molar-refractivity contribution in [2.24, 2.45) is 5.92 Å². The van der Waals surface area contributed by atoms with Gasteiger partial charge in [-0.25, -0.2) is 0 Å². The molecule has 0 amide bonds. The van der Waals surface area contributed by atoms with Crippen LogP contribution in [-0.2, 0) is 9.47 Å². The Morgan fingerprint density at radius 2 is 1.92 bits per heavy atom. The van der Waals surface area contributed by atoms with Gasteiger partial charge in [0.2, 0.25) is 0 Å². The Balaban J connectivity index is 2.01. The summed E-state index contributed by atoms with van der Waals surface area (Å²) in [4.78, 5) is 0. The second kappa shape index (κ2) is 12.9. The maximum atomic E-state index is 5.61. The van der Waals surface area contributed by atoms with Gasteiger partial charge in [0.25, 0.3) is 0 Å². The lowest BCUT2D eigenvalue weighted by atomic mass is 10.0. The van der Waals surface area contributed by atoms with Gasteiger partial charge in [0.15, 0.2) is 0 Å². The van der Waals surface area contributed by atoms with Crippen LogP contribution >= 0.6 is 23.5 Å². The Bertz CT molecular complexity index is 350. The highest BCUT2D eigenvalue weighted by Gasteiger charge is 2.17. The molecule has 1 heterocycles. The molecule has 142 valence electrons. The molecule has 0 radical (unpaired) electrons. The summed E-state index contributed by atoms with van der Waals surface area (Å²) in [6.07, 6.45) is 7.57. The van der Waals surface area contributed by atoms with E-state index in [2.05, 4.69) is 63.1 Å². The Kier molecular flexibility index (Phi) is 12.1. The maximum absolute atomic E-state index is 5.61. The summed E-state index contributed by atoms with van der Waals surface area (Å²) in [6.45, 7) is 13.7. The first kappa shape index (κ1) is 22.6. The minimum absolute atomic E-state index is 0.433. The molecule has 0 aromatic carbocycles. The summed E-state index contributed by atoms with van der Waals surface area (Å²) in [7, 11) is -0.979. The van der Waals surface area contributed by atoms with Crippen LogP contribution in [-0.4, -0.2) is 44.2 Å². The highest BCUT2D eigenvalue weighted by Crippen LogP contribution is 2.35. The van der Waals surface area contributed by atoms with Gasteiger partial charge in [-0.2, -0.15) is 0 Å². The van der Waals surface area contributed by atoms with Crippen molar-refractivity contribution in [2.75, 3.05) is 31.5 Å². The summed E-state index contributed by atoms with van der Waals surface area (Å²) in [6, 6.07) is 1.21. The van der Waals surface area contributed by atoms with Crippen molar-refractivity contribution in [1.82, 2.24) is 0 Å². The van der Waals surface area contributed by atoms with Gasteiger partial charge in [0, 0.05) is 14.7 Å². The first-order valence-corrected chi connectivity index (χ1v) is 15.2. The van der Waals surface area contributed by atoms with E-state index in [1.54, 1.807) is 0 Å². The summed E-state index contributed by atoms with van der Waals surface area (Å²) < 4.78 is 12.0. The van der Waals surface area contributed by atoms with E-state index in [-0.39, 0.29) is 0 Å². The molecule has 1 aliphatic rings. The normalized spacial score (nSPS) is 18.8. The van der Waals surface area contributed by atoms with Gasteiger partial charge in [-0.05, 0) is 56.1 Å². The molecule has 0 spiro atoms. The molecule has 0 aliphatic carbocycles. The van der Waals surface area contributed by atoms with Crippen LogP contribution in [0.2, 0.25) is 25.7 Å². The molecule has 0 saturated carbocycles. The Morgan fingerprint density at radius 3 is 2.58 bits per heavy atom. The Morgan fingerprint density at radius 1 is 1.21 bits per heavy atom. The van der Waals surface area contributed by atoms with E-state index >= 15 is 0 Å². The minimum atomic E-state index is -0.979. The van der Waals surface area contributed by atoms with E-state index in [1.807, 2.05) is 0 Å². The average Bonchev–Trinajstić information content (AvgIpc) is 2.50. The SMILES string of the molecule is C/C(=C\CCC(C)CC1SCCCS1)COCOCC[Si](C)(C)C. The lowest BCUT2D eigenvalue weighted by Gasteiger charge is -2.23. The van der Waals surface area contributed by atoms with Crippen molar-refractivity contribution >= 4 is 31.6 Å². The molecule has 1 atom stereocenters. The molecule has 0 N–H and O–H groups in total. The standard InChI is InChI=1S/C19H38O2S2Si/c1-17(14-19-22-11-7-12-23-19)8-6-9-18(2)15-21-16-20-10-13-24(3,4)5/h9,17,19H,6-8,10-16H2,1-5H3/b18-9+. The second-order valence-corrected chi connectivity index (χ2v) is 16.7. The van der Waals surface area contributed by atoms with E-state index in [9.17, 15) is 0 Å². The van der Waals surface area contributed by atoms with Crippen molar-refractivity contribution in [2.45, 2.75) is 69.8 Å². The van der Waals surface area contributed by atoms with Crippen molar-refractivity contribution in [3.05, 3.63) is 11.6 Å². The van der Waals surface area contributed by atoms with Gasteiger partial charge in [-0.3, -0.25) is 0 Å². The number of rotatable bonds is 12. The Labute approximate surface area is 159 Å². The van der Waals surface area contributed by atoms with E-state index < -0.39 is 8.07 Å². The molecule has 1 aliphatic heterocycles. The molecule has 1 fully saturated rings. The fourth-order valence-electron chi connectivity index (χ4n) is 2.49. The fourth-order valence-corrected chi connectivity index (χ4v) is 6.47. The molecule has 0 bridgehead atoms. The third-order valence-corrected chi connectivity index (χ3v) is 8.83. The monoisotopic (exact) mass is 390 g/mol. The quantitative estimate of drug-likeness (QED) is 0.169. The summed E-state index contributed by atoms with van der Waals surface area (Å²) in [5.74, 6) is 3.55. The van der Waals surface area contributed by atoms with Crippen LogP contribution in [0.25, 0.3) is 0 Å². The lowest BCUT2D eigenvalue weighted by Crippen LogP contribution is -2.22. The van der Waals surface area contributed by atoms with Crippen LogP contribution in [0.5, 0.6) is 0 Å². The van der Waals surface area contributed by atoms with Gasteiger partial charge in [-0.1, -0.05) is 38.2 Å². The van der Waals surface area contributed by atoms with Crippen molar-refractivity contribution in [3.63, 3.8) is 0 Å². The molecule has 0 aromatic heterocycles. The molecule has 1 unspecified atom stereocenters. The zero-order valence-corrected chi connectivity index (χ0v) is 19.1. The first-order valence-electron chi connectivity index (χ1n) is 9.41. The zero-order chi connectivity index (χ0) is 17.8. The predicted molar refractivity (Wildman–Crippen MR) is 115 cm³/mol. The summed E-state index contributed by atoms with van der Waals surface area (Å²) in [5, 5.41) is 0. The summed E-state index contributed by atoms with van der Waals surface area (Å²) >= 11 is 4.33. The molecule has 2 nitrogen and oxygen atoms in total. The smallest absolute Gasteiger partial charge is 0.147 e. The number of allylic oxidation sites excluding steroid dienone is 1. The van der Waals surface area contributed by atoms with Gasteiger partial charge in [-0.15, -0.1) is 23.5 Å². The van der Waals surface area contributed by atoms with E-state index in [0.29, 0.717) is 13.4 Å². The topological polar surface area (TPSA) is 18.5 Å². The molecular formula is C19H38O2S2Si. The lowest BCUT2D eigenvalue weighted by molar-refractivity contribution is -0.0413. The van der Waals surface area contributed by atoms with Crippen LogP contribution in [0.3, 0.4) is 0 Å². The van der Waals surface area contributed by atoms with Gasteiger partial charge >= 0.3 is 0 Å². The van der Waals surface area contributed by atoms with E-state index in [4.69, 9.17) is 9.47 Å². The highest BCUT2D eigenvalue weighted by molar-refractivity contribution is 8.17. The van der Waals surface area contributed by atoms with Gasteiger partial charge < -0.3 is 9.47 Å². The zero-order valence-electron chi connectivity index (χ0n) is 16.4. The first-order chi connectivity index (χ1) is 11.4. The van der Waals surface area contributed by atoms with Crippen LogP contribution in [0, 0.1) is 5.92 Å². The molecule has 24 heavy (non-hydrogen) atoms. The fraction of sp³-hybridized carbons (Fsp3) is 0.895. The molecular weight excluding hydrogens is 352 g/mol. The average molecular weight is 391 g/mol. The van der Waals surface area contributed by atoms with Crippen LogP contribution in [0.1, 0.15) is 39.5 Å². The molecule has 1 rings (SSSR count). The van der Waals surface area contributed by atoms with Gasteiger partial charge in [0.1, 0.15) is 6.79 Å². The highest BCUT2D eigenvalue weighted by atomic mass is 32.2. The second-order valence-electron chi connectivity index (χ2n) is 8.18. The minimum Gasteiger partial charge on any atom is -0.356 e. The Hall–Kier alpha value is 0.577. The van der Waals surface area contributed by atoms with Crippen molar-refractivity contribution < 1.29 is 9.47 Å². The molecule has 5 heteroatoms. The van der Waals surface area contributed by atoms with Crippen LogP contribution in [0.15, 0.2) is 11.6 Å².